The van der Waals surface area contributed by atoms with Crippen molar-refractivity contribution in [3.05, 3.63) is 29.8 Å². The molecule has 0 spiro atoms. The summed E-state index contributed by atoms with van der Waals surface area (Å²) in [5.74, 6) is 1.83. The second kappa shape index (κ2) is 4.21. The van der Waals surface area contributed by atoms with Gasteiger partial charge in [-0.25, -0.2) is 0 Å². The summed E-state index contributed by atoms with van der Waals surface area (Å²) in [6.07, 6.45) is 0. The van der Waals surface area contributed by atoms with E-state index in [-0.39, 0.29) is 0 Å². The molecule has 4 nitrogen and oxygen atoms in total. The van der Waals surface area contributed by atoms with E-state index in [2.05, 4.69) is 22.4 Å². The van der Waals surface area contributed by atoms with Crippen LogP contribution in [0.1, 0.15) is 11.5 Å². The average molecular weight is 205 g/mol. The van der Waals surface area contributed by atoms with Gasteiger partial charge in [0.1, 0.15) is 5.75 Å². The van der Waals surface area contributed by atoms with Gasteiger partial charge in [-0.1, -0.05) is 12.1 Å². The normalized spacial score (nSPS) is 20.3. The first-order chi connectivity index (χ1) is 7.29. The Kier molecular flexibility index (Phi) is 2.76. The van der Waals surface area contributed by atoms with Crippen molar-refractivity contribution in [3.63, 3.8) is 0 Å². The largest absolute Gasteiger partial charge is 0.497 e. The van der Waals surface area contributed by atoms with Gasteiger partial charge in [-0.15, -0.1) is 0 Å². The molecule has 1 heterocycles. The second-order valence-corrected chi connectivity index (χ2v) is 3.58. The number of aliphatic imine (C=N–C) groups is 1. The minimum Gasteiger partial charge on any atom is -0.497 e. The summed E-state index contributed by atoms with van der Waals surface area (Å²) in [5, 5.41) is 3.06. The molecule has 15 heavy (non-hydrogen) atoms. The van der Waals surface area contributed by atoms with Gasteiger partial charge < -0.3 is 15.8 Å². The third-order valence-corrected chi connectivity index (χ3v) is 2.60. The zero-order chi connectivity index (χ0) is 10.7. The Morgan fingerprint density at radius 2 is 2.13 bits per heavy atom. The van der Waals surface area contributed by atoms with Crippen molar-refractivity contribution in [2.45, 2.75) is 5.92 Å². The zero-order valence-corrected chi connectivity index (χ0v) is 8.73. The first-order valence-corrected chi connectivity index (χ1v) is 4.97. The minimum atomic E-state index is 0.406. The van der Waals surface area contributed by atoms with Crippen molar-refractivity contribution in [2.75, 3.05) is 20.2 Å². The molecule has 0 amide bonds. The van der Waals surface area contributed by atoms with Gasteiger partial charge in [0.05, 0.1) is 13.7 Å². The second-order valence-electron chi connectivity index (χ2n) is 3.58. The summed E-state index contributed by atoms with van der Waals surface area (Å²) in [4.78, 5) is 4.18. The van der Waals surface area contributed by atoms with Gasteiger partial charge in [-0.3, -0.25) is 4.99 Å². The van der Waals surface area contributed by atoms with Gasteiger partial charge in [0.2, 0.25) is 0 Å². The Hall–Kier alpha value is -1.71. The van der Waals surface area contributed by atoms with Crippen molar-refractivity contribution < 1.29 is 4.74 Å². The van der Waals surface area contributed by atoms with Crippen LogP contribution in [-0.4, -0.2) is 26.2 Å². The number of guanidine groups is 1. The lowest BCUT2D eigenvalue weighted by Crippen LogP contribution is -2.39. The van der Waals surface area contributed by atoms with Crippen molar-refractivity contribution in [1.29, 1.82) is 0 Å². The van der Waals surface area contributed by atoms with Crippen molar-refractivity contribution in [2.24, 2.45) is 10.7 Å². The van der Waals surface area contributed by atoms with Crippen LogP contribution >= 0.6 is 0 Å². The highest BCUT2D eigenvalue weighted by Crippen LogP contribution is 2.20. The van der Waals surface area contributed by atoms with Gasteiger partial charge in [0.25, 0.3) is 0 Å². The highest BCUT2D eigenvalue weighted by Gasteiger charge is 2.15. The van der Waals surface area contributed by atoms with Crippen molar-refractivity contribution in [1.82, 2.24) is 5.32 Å². The molecule has 1 atom stereocenters. The average Bonchev–Trinajstić information content (AvgIpc) is 2.30. The number of nitrogens with two attached hydrogens (primary N) is 1. The van der Waals surface area contributed by atoms with Gasteiger partial charge in [-0.2, -0.15) is 0 Å². The molecule has 0 saturated carbocycles. The van der Waals surface area contributed by atoms with Crippen LogP contribution in [0.25, 0.3) is 0 Å². The first kappa shape index (κ1) is 9.83. The fourth-order valence-corrected chi connectivity index (χ4v) is 1.66. The lowest BCUT2D eigenvalue weighted by Gasteiger charge is -2.21. The van der Waals surface area contributed by atoms with E-state index in [9.17, 15) is 0 Å². The minimum absolute atomic E-state index is 0.406. The molecule has 2 rings (SSSR count). The smallest absolute Gasteiger partial charge is 0.188 e. The lowest BCUT2D eigenvalue weighted by molar-refractivity contribution is 0.414. The summed E-state index contributed by atoms with van der Waals surface area (Å²) in [5.41, 5.74) is 6.80. The number of nitrogens with one attached hydrogen (secondary N) is 1. The third kappa shape index (κ3) is 2.21. The molecule has 1 aromatic rings. The first-order valence-electron chi connectivity index (χ1n) is 4.97. The molecular formula is C11H15N3O. The number of hydrogen-bond acceptors (Lipinski definition) is 4. The molecule has 1 aliphatic heterocycles. The monoisotopic (exact) mass is 205 g/mol. The number of ether oxygens (including phenoxy) is 1. The Labute approximate surface area is 89.1 Å². The summed E-state index contributed by atoms with van der Waals surface area (Å²) in [6.45, 7) is 1.60. The van der Waals surface area contributed by atoms with Crippen LogP contribution in [0.15, 0.2) is 29.3 Å². The van der Waals surface area contributed by atoms with Crippen molar-refractivity contribution in [3.8, 4) is 5.75 Å². The van der Waals surface area contributed by atoms with E-state index in [0.29, 0.717) is 11.9 Å². The van der Waals surface area contributed by atoms with Crippen LogP contribution in [0.5, 0.6) is 5.75 Å². The standard InChI is InChI=1S/C11H15N3O/c1-15-10-4-2-8(3-5-10)9-6-13-11(12)14-7-9/h2-5,9H,6-7H2,1H3,(H3,12,13,14). The Bertz CT molecular complexity index is 359. The quantitative estimate of drug-likeness (QED) is 0.747. The van der Waals surface area contributed by atoms with Gasteiger partial charge in [-0.05, 0) is 17.7 Å². The number of benzene rings is 1. The number of rotatable bonds is 2. The van der Waals surface area contributed by atoms with Crippen LogP contribution < -0.4 is 15.8 Å². The molecule has 1 unspecified atom stereocenters. The molecule has 1 aromatic carbocycles. The SMILES string of the molecule is COc1ccc(C2CN=C(N)NC2)cc1. The molecule has 0 bridgehead atoms. The van der Waals surface area contributed by atoms with Crippen molar-refractivity contribution >= 4 is 5.96 Å². The summed E-state index contributed by atoms with van der Waals surface area (Å²) in [7, 11) is 1.67. The fourth-order valence-electron chi connectivity index (χ4n) is 1.66. The van der Waals surface area contributed by atoms with Crippen LogP contribution in [0.3, 0.4) is 0 Å². The van der Waals surface area contributed by atoms with E-state index < -0.39 is 0 Å². The number of nitrogens with zero attached hydrogens (tertiary/aromatic N) is 1. The molecule has 0 radical (unpaired) electrons. The molecular weight excluding hydrogens is 190 g/mol. The Balaban J connectivity index is 2.10. The molecule has 1 aliphatic rings. The number of hydrogen-bond donors (Lipinski definition) is 2. The summed E-state index contributed by atoms with van der Waals surface area (Å²) in [6, 6.07) is 8.08. The van der Waals surface area contributed by atoms with Crippen LogP contribution in [-0.2, 0) is 0 Å². The molecule has 4 heteroatoms. The van der Waals surface area contributed by atoms with E-state index >= 15 is 0 Å². The topological polar surface area (TPSA) is 59.6 Å². The van der Waals surface area contributed by atoms with Gasteiger partial charge in [0.15, 0.2) is 5.96 Å². The van der Waals surface area contributed by atoms with E-state index in [1.54, 1.807) is 7.11 Å². The van der Waals surface area contributed by atoms with Crippen LogP contribution in [0, 0.1) is 0 Å². The summed E-state index contributed by atoms with van der Waals surface area (Å²) < 4.78 is 5.11. The maximum absolute atomic E-state index is 5.54. The molecule has 80 valence electrons. The highest BCUT2D eigenvalue weighted by atomic mass is 16.5. The number of methoxy groups -OCH3 is 1. The lowest BCUT2D eigenvalue weighted by atomic mass is 9.98. The molecule has 3 N–H and O–H groups in total. The van der Waals surface area contributed by atoms with E-state index in [0.717, 1.165) is 18.8 Å². The maximum Gasteiger partial charge on any atom is 0.188 e. The van der Waals surface area contributed by atoms with E-state index in [1.807, 2.05) is 12.1 Å². The molecule has 0 fully saturated rings. The predicted octanol–water partition coefficient (Wildman–Crippen LogP) is 0.697. The molecule has 0 saturated heterocycles. The van der Waals surface area contributed by atoms with Crippen LogP contribution in [0.4, 0.5) is 0 Å². The molecule has 0 aromatic heterocycles. The van der Waals surface area contributed by atoms with E-state index in [1.165, 1.54) is 5.56 Å². The van der Waals surface area contributed by atoms with E-state index in [4.69, 9.17) is 10.5 Å². The van der Waals surface area contributed by atoms with Crippen LogP contribution in [0.2, 0.25) is 0 Å². The zero-order valence-electron chi connectivity index (χ0n) is 8.73. The van der Waals surface area contributed by atoms with Gasteiger partial charge >= 0.3 is 0 Å². The summed E-state index contributed by atoms with van der Waals surface area (Å²) >= 11 is 0. The molecule has 0 aliphatic carbocycles. The van der Waals surface area contributed by atoms with Gasteiger partial charge in [0, 0.05) is 12.5 Å². The fraction of sp³-hybridized carbons (Fsp3) is 0.364. The maximum atomic E-state index is 5.54. The highest BCUT2D eigenvalue weighted by molar-refractivity contribution is 5.78. The third-order valence-electron chi connectivity index (χ3n) is 2.60. The Morgan fingerprint density at radius 1 is 1.40 bits per heavy atom. The Morgan fingerprint density at radius 3 is 2.67 bits per heavy atom. The predicted molar refractivity (Wildman–Crippen MR) is 60.2 cm³/mol.